The topological polar surface area (TPSA) is 12.0 Å². The van der Waals surface area contributed by atoms with Crippen LogP contribution in [0.25, 0.3) is 0 Å². The zero-order valence-corrected chi connectivity index (χ0v) is 7.15. The van der Waals surface area contributed by atoms with E-state index in [-0.39, 0.29) is 0 Å². The molecule has 10 heavy (non-hydrogen) atoms. The average Bonchev–Trinajstić information content (AvgIpc) is 1.98. The Kier molecular flexibility index (Phi) is 6.19. The molecule has 0 saturated heterocycles. The molecule has 0 aliphatic rings. The van der Waals surface area contributed by atoms with Crippen LogP contribution >= 0.6 is 0 Å². The van der Waals surface area contributed by atoms with Gasteiger partial charge in [0.2, 0.25) is 0 Å². The first-order valence-electron chi connectivity index (χ1n) is 3.81. The number of hydrogen-bond donors (Lipinski definition) is 1. The van der Waals surface area contributed by atoms with Gasteiger partial charge in [-0.2, -0.15) is 0 Å². The summed E-state index contributed by atoms with van der Waals surface area (Å²) >= 11 is 0. The first-order chi connectivity index (χ1) is 4.85. The molecule has 1 nitrogen and oxygen atoms in total. The Balaban J connectivity index is 3.72. The number of nitrogens with one attached hydrogen (secondary N) is 1. The quantitative estimate of drug-likeness (QED) is 0.588. The van der Waals surface area contributed by atoms with Crippen molar-refractivity contribution in [2.24, 2.45) is 0 Å². The lowest BCUT2D eigenvalue weighted by Crippen LogP contribution is -2.08. The third kappa shape index (κ3) is 4.33. The van der Waals surface area contributed by atoms with Gasteiger partial charge in [0.05, 0.1) is 0 Å². The summed E-state index contributed by atoms with van der Waals surface area (Å²) in [7, 11) is 1.96. The zero-order valence-electron chi connectivity index (χ0n) is 7.15. The fourth-order valence-corrected chi connectivity index (χ4v) is 0.731. The van der Waals surface area contributed by atoms with Crippen molar-refractivity contribution in [3.63, 3.8) is 0 Å². The first kappa shape index (κ1) is 9.44. The largest absolute Gasteiger partial charge is 0.316 e. The molecule has 0 aromatic heterocycles. The lowest BCUT2D eigenvalue weighted by Gasteiger charge is -1.97. The Morgan fingerprint density at radius 1 is 1.50 bits per heavy atom. The molecular formula is C9H17N. The highest BCUT2D eigenvalue weighted by molar-refractivity contribution is 5.18. The predicted octanol–water partition coefficient (Wildman–Crippen LogP) is 2.12. The SMILES string of the molecule is C/C=C(\C=C/CC)CNC. The van der Waals surface area contributed by atoms with Crippen LogP contribution in [0.5, 0.6) is 0 Å². The summed E-state index contributed by atoms with van der Waals surface area (Å²) < 4.78 is 0. The van der Waals surface area contributed by atoms with E-state index >= 15 is 0 Å². The molecule has 0 rings (SSSR count). The highest BCUT2D eigenvalue weighted by Crippen LogP contribution is 1.95. The molecule has 0 aliphatic heterocycles. The van der Waals surface area contributed by atoms with Crippen LogP contribution in [0.4, 0.5) is 0 Å². The van der Waals surface area contributed by atoms with Crippen LogP contribution < -0.4 is 5.32 Å². The van der Waals surface area contributed by atoms with E-state index in [0.29, 0.717) is 0 Å². The minimum absolute atomic E-state index is 0.965. The fourth-order valence-electron chi connectivity index (χ4n) is 0.731. The monoisotopic (exact) mass is 139 g/mol. The molecule has 0 aliphatic carbocycles. The summed E-state index contributed by atoms with van der Waals surface area (Å²) in [6.45, 7) is 5.17. The van der Waals surface area contributed by atoms with Crippen molar-refractivity contribution in [2.75, 3.05) is 13.6 Å². The smallest absolute Gasteiger partial charge is 0.0199 e. The Morgan fingerprint density at radius 3 is 2.60 bits per heavy atom. The Morgan fingerprint density at radius 2 is 2.20 bits per heavy atom. The molecule has 0 saturated carbocycles. The van der Waals surface area contributed by atoms with Gasteiger partial charge in [0, 0.05) is 6.54 Å². The Hall–Kier alpha value is -0.560. The Bertz CT molecular complexity index is 123. The van der Waals surface area contributed by atoms with Gasteiger partial charge in [-0.1, -0.05) is 25.2 Å². The van der Waals surface area contributed by atoms with E-state index in [2.05, 4.69) is 37.4 Å². The molecule has 0 aromatic carbocycles. The molecule has 1 N–H and O–H groups in total. The molecule has 1 heteroatoms. The van der Waals surface area contributed by atoms with Crippen LogP contribution in [0.2, 0.25) is 0 Å². The summed E-state index contributed by atoms with van der Waals surface area (Å²) in [4.78, 5) is 0. The summed E-state index contributed by atoms with van der Waals surface area (Å²) in [5.74, 6) is 0. The summed E-state index contributed by atoms with van der Waals surface area (Å²) in [6.07, 6.45) is 7.58. The third-order valence-electron chi connectivity index (χ3n) is 1.32. The van der Waals surface area contributed by atoms with E-state index in [1.165, 1.54) is 5.57 Å². The van der Waals surface area contributed by atoms with E-state index in [4.69, 9.17) is 0 Å². The van der Waals surface area contributed by atoms with Gasteiger partial charge in [-0.05, 0) is 26.0 Å². The normalized spacial score (nSPS) is 12.9. The number of hydrogen-bond acceptors (Lipinski definition) is 1. The van der Waals surface area contributed by atoms with Crippen LogP contribution in [0.3, 0.4) is 0 Å². The molecule has 0 atom stereocenters. The zero-order chi connectivity index (χ0) is 7.82. The number of allylic oxidation sites excluding steroid dienone is 2. The van der Waals surface area contributed by atoms with Crippen LogP contribution in [-0.4, -0.2) is 13.6 Å². The molecular weight excluding hydrogens is 122 g/mol. The van der Waals surface area contributed by atoms with Gasteiger partial charge in [0.15, 0.2) is 0 Å². The number of likely N-dealkylation sites (N-methyl/N-ethyl adjacent to an activating group) is 1. The fraction of sp³-hybridized carbons (Fsp3) is 0.556. The molecule has 0 bridgehead atoms. The minimum atomic E-state index is 0.965. The van der Waals surface area contributed by atoms with E-state index in [0.717, 1.165) is 13.0 Å². The van der Waals surface area contributed by atoms with Gasteiger partial charge in [-0.3, -0.25) is 0 Å². The van der Waals surface area contributed by atoms with Crippen molar-refractivity contribution < 1.29 is 0 Å². The molecule has 0 spiro atoms. The van der Waals surface area contributed by atoms with Gasteiger partial charge in [0.25, 0.3) is 0 Å². The summed E-state index contributed by atoms with van der Waals surface area (Å²) in [5.41, 5.74) is 1.35. The maximum Gasteiger partial charge on any atom is 0.0199 e. The van der Waals surface area contributed by atoms with E-state index in [1.54, 1.807) is 0 Å². The molecule has 58 valence electrons. The van der Waals surface area contributed by atoms with Crippen LogP contribution in [0, 0.1) is 0 Å². The predicted molar refractivity (Wildman–Crippen MR) is 47.1 cm³/mol. The van der Waals surface area contributed by atoms with Gasteiger partial charge in [-0.25, -0.2) is 0 Å². The van der Waals surface area contributed by atoms with E-state index < -0.39 is 0 Å². The average molecular weight is 139 g/mol. The maximum absolute atomic E-state index is 3.11. The second kappa shape index (κ2) is 6.56. The molecule has 0 aromatic rings. The molecule has 0 heterocycles. The lowest BCUT2D eigenvalue weighted by atomic mass is 10.2. The van der Waals surface area contributed by atoms with Gasteiger partial charge < -0.3 is 5.32 Å². The van der Waals surface area contributed by atoms with E-state index in [9.17, 15) is 0 Å². The standard InChI is InChI=1S/C9H17N/c1-4-6-7-9(5-2)8-10-3/h5-7,10H,4,8H2,1-3H3/b7-6-,9-5+. The van der Waals surface area contributed by atoms with Crippen molar-refractivity contribution in [3.8, 4) is 0 Å². The molecule has 0 amide bonds. The molecule has 0 fully saturated rings. The second-order valence-corrected chi connectivity index (χ2v) is 2.20. The lowest BCUT2D eigenvalue weighted by molar-refractivity contribution is 0.893. The first-order valence-corrected chi connectivity index (χ1v) is 3.81. The van der Waals surface area contributed by atoms with Gasteiger partial charge in [0.1, 0.15) is 0 Å². The minimum Gasteiger partial charge on any atom is -0.316 e. The summed E-state index contributed by atoms with van der Waals surface area (Å²) in [6, 6.07) is 0. The van der Waals surface area contributed by atoms with Crippen molar-refractivity contribution in [1.82, 2.24) is 5.32 Å². The van der Waals surface area contributed by atoms with Crippen molar-refractivity contribution in [1.29, 1.82) is 0 Å². The highest BCUT2D eigenvalue weighted by Gasteiger charge is 1.84. The maximum atomic E-state index is 3.11. The number of rotatable bonds is 4. The van der Waals surface area contributed by atoms with Crippen LogP contribution in [-0.2, 0) is 0 Å². The van der Waals surface area contributed by atoms with Gasteiger partial charge >= 0.3 is 0 Å². The van der Waals surface area contributed by atoms with Crippen molar-refractivity contribution in [3.05, 3.63) is 23.8 Å². The molecule has 0 radical (unpaired) electrons. The third-order valence-corrected chi connectivity index (χ3v) is 1.32. The summed E-state index contributed by atoms with van der Waals surface area (Å²) in [5, 5.41) is 3.11. The second-order valence-electron chi connectivity index (χ2n) is 2.20. The van der Waals surface area contributed by atoms with Gasteiger partial charge in [-0.15, -0.1) is 0 Å². The highest BCUT2D eigenvalue weighted by atomic mass is 14.8. The van der Waals surface area contributed by atoms with Crippen LogP contribution in [0.15, 0.2) is 23.8 Å². The van der Waals surface area contributed by atoms with Crippen molar-refractivity contribution >= 4 is 0 Å². The Labute approximate surface area is 63.8 Å². The van der Waals surface area contributed by atoms with Crippen molar-refractivity contribution in [2.45, 2.75) is 20.3 Å². The van der Waals surface area contributed by atoms with E-state index in [1.807, 2.05) is 7.05 Å². The van der Waals surface area contributed by atoms with Crippen LogP contribution in [0.1, 0.15) is 20.3 Å². The molecule has 0 unspecified atom stereocenters.